The lowest BCUT2D eigenvalue weighted by molar-refractivity contribution is 1.25. The van der Waals surface area contributed by atoms with Gasteiger partial charge in [0.1, 0.15) is 5.82 Å². The fourth-order valence-corrected chi connectivity index (χ4v) is 2.66. The monoisotopic (exact) mass is 305 g/mol. The third-order valence-electron chi connectivity index (χ3n) is 2.43. The zero-order chi connectivity index (χ0) is 11.8. The molecule has 17 heavy (non-hydrogen) atoms. The van der Waals surface area contributed by atoms with Gasteiger partial charge in [-0.2, -0.15) is 0 Å². The van der Waals surface area contributed by atoms with Crippen LogP contribution in [0.4, 0.5) is 5.82 Å². The number of nitrogen functional groups attached to an aromatic ring is 1. The third-order valence-corrected chi connectivity index (χ3v) is 3.79. The summed E-state index contributed by atoms with van der Waals surface area (Å²) >= 11 is 5.02. The first-order chi connectivity index (χ1) is 8.24. The van der Waals surface area contributed by atoms with Gasteiger partial charge < -0.3 is 5.73 Å². The number of fused-ring (bicyclic) bond motifs is 1. The molecule has 0 spiro atoms. The minimum Gasteiger partial charge on any atom is -0.383 e. The zero-order valence-corrected chi connectivity index (χ0v) is 11.1. The molecule has 0 atom stereocenters. The number of anilines is 1. The molecule has 0 radical (unpaired) electrons. The Kier molecular flexibility index (Phi) is 2.57. The van der Waals surface area contributed by atoms with Crippen LogP contribution in [0.25, 0.3) is 21.6 Å². The van der Waals surface area contributed by atoms with Gasteiger partial charge >= 0.3 is 0 Å². The van der Waals surface area contributed by atoms with Gasteiger partial charge in [0.2, 0.25) is 0 Å². The van der Waals surface area contributed by atoms with Crippen LogP contribution in [0.5, 0.6) is 0 Å². The Morgan fingerprint density at radius 2 is 2.06 bits per heavy atom. The van der Waals surface area contributed by atoms with Gasteiger partial charge in [0.15, 0.2) is 5.82 Å². The van der Waals surface area contributed by atoms with E-state index < -0.39 is 0 Å². The molecule has 1 aromatic carbocycles. The van der Waals surface area contributed by atoms with Gasteiger partial charge in [-0.25, -0.2) is 9.97 Å². The highest BCUT2D eigenvalue weighted by Crippen LogP contribution is 2.27. The van der Waals surface area contributed by atoms with E-state index in [1.165, 1.54) is 0 Å². The number of nitrogens with zero attached hydrogens (tertiary/aromatic N) is 2. The molecule has 2 N–H and O–H groups in total. The van der Waals surface area contributed by atoms with Crippen LogP contribution in [-0.4, -0.2) is 9.97 Å². The molecule has 0 saturated carbocycles. The van der Waals surface area contributed by atoms with Gasteiger partial charge in [-0.05, 0) is 29.6 Å². The van der Waals surface area contributed by atoms with Crippen molar-refractivity contribution in [1.29, 1.82) is 0 Å². The van der Waals surface area contributed by atoms with E-state index in [1.54, 1.807) is 11.3 Å². The summed E-state index contributed by atoms with van der Waals surface area (Å²) in [7, 11) is 0. The molecule has 0 saturated heterocycles. The first-order valence-electron chi connectivity index (χ1n) is 5.01. The number of hydrogen-bond acceptors (Lipinski definition) is 4. The van der Waals surface area contributed by atoms with Gasteiger partial charge in [0.25, 0.3) is 0 Å². The zero-order valence-electron chi connectivity index (χ0n) is 8.72. The van der Waals surface area contributed by atoms with Gasteiger partial charge in [-0.15, -0.1) is 11.3 Å². The molecule has 0 amide bonds. The maximum absolute atomic E-state index is 5.96. The Labute approximate surface area is 110 Å². The standard InChI is InChI=1S/C12H8BrN3S/c13-7-3-4-9-8(6-7)11(14)16-12(15-9)10-2-1-5-17-10/h1-6H,(H2,14,15,16). The number of halogens is 1. The largest absolute Gasteiger partial charge is 0.383 e. The second-order valence-electron chi connectivity index (χ2n) is 3.57. The Bertz CT molecular complexity index is 680. The van der Waals surface area contributed by atoms with E-state index >= 15 is 0 Å². The third kappa shape index (κ3) is 1.92. The molecule has 84 valence electrons. The number of hydrogen-bond donors (Lipinski definition) is 1. The molecular formula is C12H8BrN3S. The topological polar surface area (TPSA) is 51.8 Å². The van der Waals surface area contributed by atoms with E-state index in [0.29, 0.717) is 11.6 Å². The number of benzene rings is 1. The number of nitrogens with two attached hydrogens (primary N) is 1. The molecule has 0 aliphatic carbocycles. The van der Waals surface area contributed by atoms with Crippen LogP contribution in [0.3, 0.4) is 0 Å². The summed E-state index contributed by atoms with van der Waals surface area (Å²) < 4.78 is 0.976. The van der Waals surface area contributed by atoms with Crippen LogP contribution in [0.2, 0.25) is 0 Å². The Hall–Kier alpha value is -1.46. The molecule has 0 bridgehead atoms. The van der Waals surface area contributed by atoms with Crippen molar-refractivity contribution >= 4 is 44.0 Å². The molecule has 0 fully saturated rings. The number of thiophene rings is 1. The summed E-state index contributed by atoms with van der Waals surface area (Å²) in [4.78, 5) is 9.89. The summed E-state index contributed by atoms with van der Waals surface area (Å²) in [6, 6.07) is 9.79. The first-order valence-corrected chi connectivity index (χ1v) is 6.68. The minimum atomic E-state index is 0.514. The van der Waals surface area contributed by atoms with E-state index in [0.717, 1.165) is 20.3 Å². The average molecular weight is 306 g/mol. The summed E-state index contributed by atoms with van der Waals surface area (Å²) in [6.07, 6.45) is 0. The lowest BCUT2D eigenvalue weighted by Gasteiger charge is -2.04. The summed E-state index contributed by atoms with van der Waals surface area (Å²) in [5.41, 5.74) is 6.83. The maximum atomic E-state index is 5.96. The molecule has 0 aliphatic rings. The molecule has 3 aromatic rings. The highest BCUT2D eigenvalue weighted by atomic mass is 79.9. The van der Waals surface area contributed by atoms with Crippen molar-refractivity contribution in [2.24, 2.45) is 0 Å². The van der Waals surface area contributed by atoms with Crippen molar-refractivity contribution in [3.05, 3.63) is 40.2 Å². The van der Waals surface area contributed by atoms with Gasteiger partial charge in [-0.1, -0.05) is 22.0 Å². The summed E-state index contributed by atoms with van der Waals surface area (Å²) in [5, 5.41) is 2.88. The molecule has 3 nitrogen and oxygen atoms in total. The van der Waals surface area contributed by atoms with Crippen LogP contribution in [0.1, 0.15) is 0 Å². The SMILES string of the molecule is Nc1nc(-c2cccs2)nc2ccc(Br)cc12. The molecule has 3 rings (SSSR count). The van der Waals surface area contributed by atoms with Crippen LogP contribution in [-0.2, 0) is 0 Å². The summed E-state index contributed by atoms with van der Waals surface area (Å²) in [5.74, 6) is 1.20. The fourth-order valence-electron chi connectivity index (χ4n) is 1.64. The molecule has 2 heterocycles. The van der Waals surface area contributed by atoms with Crippen molar-refractivity contribution in [3.8, 4) is 10.7 Å². The highest BCUT2D eigenvalue weighted by Gasteiger charge is 2.08. The minimum absolute atomic E-state index is 0.514. The normalized spacial score (nSPS) is 10.9. The van der Waals surface area contributed by atoms with E-state index in [9.17, 15) is 0 Å². The second kappa shape index (κ2) is 4.09. The predicted molar refractivity (Wildman–Crippen MR) is 75.0 cm³/mol. The first kappa shape index (κ1) is 10.7. The fraction of sp³-hybridized carbons (Fsp3) is 0. The molecule has 2 aromatic heterocycles. The second-order valence-corrected chi connectivity index (χ2v) is 5.43. The smallest absolute Gasteiger partial charge is 0.172 e. The van der Waals surface area contributed by atoms with E-state index in [-0.39, 0.29) is 0 Å². The van der Waals surface area contributed by atoms with Crippen molar-refractivity contribution < 1.29 is 0 Å². The molecule has 0 unspecified atom stereocenters. The van der Waals surface area contributed by atoms with Crippen molar-refractivity contribution in [1.82, 2.24) is 9.97 Å². The van der Waals surface area contributed by atoms with Crippen LogP contribution in [0.15, 0.2) is 40.2 Å². The van der Waals surface area contributed by atoms with Gasteiger partial charge in [0, 0.05) is 9.86 Å². The van der Waals surface area contributed by atoms with Gasteiger partial charge in [0.05, 0.1) is 10.4 Å². The van der Waals surface area contributed by atoms with E-state index in [2.05, 4.69) is 25.9 Å². The van der Waals surface area contributed by atoms with Crippen LogP contribution in [0, 0.1) is 0 Å². The molecule has 5 heteroatoms. The van der Waals surface area contributed by atoms with Crippen LogP contribution < -0.4 is 5.73 Å². The maximum Gasteiger partial charge on any atom is 0.172 e. The summed E-state index contributed by atoms with van der Waals surface area (Å²) in [6.45, 7) is 0. The van der Waals surface area contributed by atoms with E-state index in [4.69, 9.17) is 5.73 Å². The van der Waals surface area contributed by atoms with Crippen molar-refractivity contribution in [2.75, 3.05) is 5.73 Å². The van der Waals surface area contributed by atoms with Crippen molar-refractivity contribution in [2.45, 2.75) is 0 Å². The van der Waals surface area contributed by atoms with E-state index in [1.807, 2.05) is 35.7 Å². The highest BCUT2D eigenvalue weighted by molar-refractivity contribution is 9.10. The Morgan fingerprint density at radius 3 is 2.82 bits per heavy atom. The lowest BCUT2D eigenvalue weighted by atomic mass is 10.2. The molecule has 0 aliphatic heterocycles. The average Bonchev–Trinajstić information content (AvgIpc) is 2.83. The quantitative estimate of drug-likeness (QED) is 0.746. The number of aromatic nitrogens is 2. The predicted octanol–water partition coefficient (Wildman–Crippen LogP) is 3.70. The van der Waals surface area contributed by atoms with Crippen molar-refractivity contribution in [3.63, 3.8) is 0 Å². The lowest BCUT2D eigenvalue weighted by Crippen LogP contribution is -1.96. The van der Waals surface area contributed by atoms with Crippen LogP contribution >= 0.6 is 27.3 Å². The Balaban J connectivity index is 2.28. The Morgan fingerprint density at radius 1 is 1.18 bits per heavy atom. The van der Waals surface area contributed by atoms with Gasteiger partial charge in [-0.3, -0.25) is 0 Å². The number of rotatable bonds is 1. The molecular weight excluding hydrogens is 298 g/mol.